The highest BCUT2D eigenvalue weighted by atomic mass is 19.1. The van der Waals surface area contributed by atoms with E-state index in [1.165, 1.54) is 12.1 Å². The van der Waals surface area contributed by atoms with Gasteiger partial charge in [-0.25, -0.2) is 14.4 Å². The van der Waals surface area contributed by atoms with E-state index >= 15 is 0 Å². The fraction of sp³-hybridized carbons (Fsp3) is 0.421. The second kappa shape index (κ2) is 7.70. The van der Waals surface area contributed by atoms with E-state index in [4.69, 9.17) is 0 Å². The van der Waals surface area contributed by atoms with Crippen molar-refractivity contribution < 1.29 is 9.18 Å². The van der Waals surface area contributed by atoms with E-state index in [1.807, 2.05) is 25.1 Å². The average molecular weight is 342 g/mol. The predicted molar refractivity (Wildman–Crippen MR) is 93.2 cm³/mol. The monoisotopic (exact) mass is 342 g/mol. The molecule has 25 heavy (non-hydrogen) atoms. The Labute approximate surface area is 147 Å². The van der Waals surface area contributed by atoms with Crippen molar-refractivity contribution in [1.29, 1.82) is 0 Å². The minimum absolute atomic E-state index is 0.0377. The third-order valence-electron chi connectivity index (χ3n) is 4.35. The molecule has 132 valence electrons. The Morgan fingerprint density at radius 3 is 2.76 bits per heavy atom. The number of hydrogen-bond acceptors (Lipinski definition) is 4. The first kappa shape index (κ1) is 17.5. The predicted octanol–water partition coefficient (Wildman–Crippen LogP) is 2.58. The number of carbonyl (C=O) groups is 1. The maximum atomic E-state index is 13.0. The van der Waals surface area contributed by atoms with Gasteiger partial charge in [-0.2, -0.15) is 0 Å². The van der Waals surface area contributed by atoms with Gasteiger partial charge in [0, 0.05) is 19.3 Å². The summed E-state index contributed by atoms with van der Waals surface area (Å²) in [6.45, 7) is 1.46. The standard InChI is InChI=1S/C19H23FN4O/c1-23(2)13-16-9-10-21-19(22-16)17-4-3-11-24(17)18(25)12-14-5-7-15(20)8-6-14/h5-10,17H,3-4,11-13H2,1-2H3. The summed E-state index contributed by atoms with van der Waals surface area (Å²) >= 11 is 0. The summed E-state index contributed by atoms with van der Waals surface area (Å²) in [6.07, 6.45) is 3.86. The number of amides is 1. The molecular formula is C19H23FN4O. The first-order valence-corrected chi connectivity index (χ1v) is 8.53. The lowest BCUT2D eigenvalue weighted by atomic mass is 10.1. The molecule has 0 radical (unpaired) electrons. The Hall–Kier alpha value is -2.34. The van der Waals surface area contributed by atoms with Gasteiger partial charge in [-0.1, -0.05) is 12.1 Å². The summed E-state index contributed by atoms with van der Waals surface area (Å²) in [7, 11) is 3.99. The Bertz CT molecular complexity index is 732. The third kappa shape index (κ3) is 4.39. The van der Waals surface area contributed by atoms with Crippen molar-refractivity contribution in [2.24, 2.45) is 0 Å². The van der Waals surface area contributed by atoms with Gasteiger partial charge in [0.25, 0.3) is 0 Å². The fourth-order valence-electron chi connectivity index (χ4n) is 3.20. The van der Waals surface area contributed by atoms with E-state index in [2.05, 4.69) is 14.9 Å². The number of likely N-dealkylation sites (tertiary alicyclic amines) is 1. The Morgan fingerprint density at radius 1 is 1.28 bits per heavy atom. The maximum absolute atomic E-state index is 13.0. The summed E-state index contributed by atoms with van der Waals surface area (Å²) in [5.41, 5.74) is 1.77. The second-order valence-electron chi connectivity index (χ2n) is 6.69. The van der Waals surface area contributed by atoms with Gasteiger partial charge >= 0.3 is 0 Å². The quantitative estimate of drug-likeness (QED) is 0.838. The van der Waals surface area contributed by atoms with E-state index < -0.39 is 0 Å². The van der Waals surface area contributed by atoms with Crippen molar-refractivity contribution >= 4 is 5.91 Å². The summed E-state index contributed by atoms with van der Waals surface area (Å²) in [5, 5.41) is 0. The second-order valence-corrected chi connectivity index (χ2v) is 6.69. The van der Waals surface area contributed by atoms with Gasteiger partial charge in [-0.3, -0.25) is 4.79 Å². The van der Waals surface area contributed by atoms with Crippen LogP contribution in [0.2, 0.25) is 0 Å². The summed E-state index contributed by atoms with van der Waals surface area (Å²) < 4.78 is 13.0. The van der Waals surface area contributed by atoms with Crippen LogP contribution in [0.4, 0.5) is 4.39 Å². The smallest absolute Gasteiger partial charge is 0.227 e. The largest absolute Gasteiger partial charge is 0.332 e. The average Bonchev–Trinajstić information content (AvgIpc) is 3.06. The molecule has 2 heterocycles. The lowest BCUT2D eigenvalue weighted by Gasteiger charge is -2.24. The number of aromatic nitrogens is 2. The Balaban J connectivity index is 1.73. The summed E-state index contributed by atoms with van der Waals surface area (Å²) in [6, 6.07) is 7.92. The fourth-order valence-corrected chi connectivity index (χ4v) is 3.20. The van der Waals surface area contributed by atoms with E-state index in [-0.39, 0.29) is 24.2 Å². The topological polar surface area (TPSA) is 49.3 Å². The number of nitrogens with zero attached hydrogens (tertiary/aromatic N) is 4. The zero-order valence-electron chi connectivity index (χ0n) is 14.7. The molecule has 2 aromatic rings. The van der Waals surface area contributed by atoms with Gasteiger partial charge in [0.2, 0.25) is 5.91 Å². The van der Waals surface area contributed by atoms with Crippen LogP contribution >= 0.6 is 0 Å². The molecule has 0 saturated carbocycles. The molecule has 1 unspecified atom stereocenters. The first-order valence-electron chi connectivity index (χ1n) is 8.53. The number of hydrogen-bond donors (Lipinski definition) is 0. The van der Waals surface area contributed by atoms with Crippen molar-refractivity contribution in [3.05, 3.63) is 59.4 Å². The SMILES string of the molecule is CN(C)Cc1ccnc(C2CCCN2C(=O)Cc2ccc(F)cc2)n1. The molecule has 1 saturated heterocycles. The normalized spacial score (nSPS) is 17.3. The molecule has 1 fully saturated rings. The highest BCUT2D eigenvalue weighted by Gasteiger charge is 2.31. The van der Waals surface area contributed by atoms with Crippen LogP contribution in [-0.2, 0) is 17.8 Å². The van der Waals surface area contributed by atoms with Crippen LogP contribution in [-0.4, -0.2) is 46.3 Å². The molecule has 5 nitrogen and oxygen atoms in total. The zero-order chi connectivity index (χ0) is 17.8. The molecule has 1 aromatic carbocycles. The molecule has 3 rings (SSSR count). The van der Waals surface area contributed by atoms with Crippen LogP contribution in [0.1, 0.15) is 36.0 Å². The Morgan fingerprint density at radius 2 is 2.04 bits per heavy atom. The van der Waals surface area contributed by atoms with Gasteiger partial charge in [-0.05, 0) is 50.7 Å². The molecule has 0 N–H and O–H groups in total. The molecule has 6 heteroatoms. The van der Waals surface area contributed by atoms with Crippen molar-refractivity contribution in [3.63, 3.8) is 0 Å². The maximum Gasteiger partial charge on any atom is 0.227 e. The molecule has 1 aromatic heterocycles. The number of benzene rings is 1. The van der Waals surface area contributed by atoms with Crippen LogP contribution in [0.15, 0.2) is 36.5 Å². The molecular weight excluding hydrogens is 319 g/mol. The van der Waals surface area contributed by atoms with Crippen LogP contribution in [0.5, 0.6) is 0 Å². The van der Waals surface area contributed by atoms with Gasteiger partial charge in [0.1, 0.15) is 5.82 Å². The molecule has 1 atom stereocenters. The summed E-state index contributed by atoms with van der Waals surface area (Å²) in [5.74, 6) is 0.460. The molecule has 0 bridgehead atoms. The molecule has 1 aliphatic rings. The first-order chi connectivity index (χ1) is 12.0. The Kier molecular flexibility index (Phi) is 5.38. The van der Waals surface area contributed by atoms with E-state index in [1.54, 1.807) is 18.3 Å². The lowest BCUT2D eigenvalue weighted by Crippen LogP contribution is -2.32. The minimum atomic E-state index is -0.290. The molecule has 1 aliphatic heterocycles. The van der Waals surface area contributed by atoms with Crippen molar-refractivity contribution in [2.75, 3.05) is 20.6 Å². The highest BCUT2D eigenvalue weighted by molar-refractivity contribution is 5.79. The van der Waals surface area contributed by atoms with Crippen LogP contribution in [0.25, 0.3) is 0 Å². The van der Waals surface area contributed by atoms with Gasteiger partial charge < -0.3 is 9.80 Å². The minimum Gasteiger partial charge on any atom is -0.332 e. The molecule has 0 spiro atoms. The van der Waals surface area contributed by atoms with Crippen LogP contribution in [0, 0.1) is 5.82 Å². The van der Waals surface area contributed by atoms with E-state index in [0.29, 0.717) is 12.4 Å². The van der Waals surface area contributed by atoms with Gasteiger partial charge in [-0.15, -0.1) is 0 Å². The highest BCUT2D eigenvalue weighted by Crippen LogP contribution is 2.30. The van der Waals surface area contributed by atoms with Crippen molar-refractivity contribution in [1.82, 2.24) is 19.8 Å². The van der Waals surface area contributed by atoms with Gasteiger partial charge in [0.15, 0.2) is 5.82 Å². The lowest BCUT2D eigenvalue weighted by molar-refractivity contribution is -0.131. The molecule has 0 aliphatic carbocycles. The number of halogens is 1. The van der Waals surface area contributed by atoms with Crippen LogP contribution in [0.3, 0.4) is 0 Å². The summed E-state index contributed by atoms with van der Waals surface area (Å²) in [4.78, 5) is 25.7. The number of rotatable bonds is 5. The van der Waals surface area contributed by atoms with Gasteiger partial charge in [0.05, 0.1) is 18.2 Å². The number of carbonyl (C=O) groups excluding carboxylic acids is 1. The van der Waals surface area contributed by atoms with Crippen molar-refractivity contribution in [3.8, 4) is 0 Å². The van der Waals surface area contributed by atoms with Crippen LogP contribution < -0.4 is 0 Å². The van der Waals surface area contributed by atoms with E-state index in [0.717, 1.165) is 30.6 Å². The molecule has 1 amide bonds. The van der Waals surface area contributed by atoms with Crippen molar-refractivity contribution in [2.45, 2.75) is 31.8 Å². The zero-order valence-corrected chi connectivity index (χ0v) is 14.7. The third-order valence-corrected chi connectivity index (χ3v) is 4.35. The van der Waals surface area contributed by atoms with E-state index in [9.17, 15) is 9.18 Å².